The second-order valence-corrected chi connectivity index (χ2v) is 7.81. The first-order chi connectivity index (χ1) is 12.0. The lowest BCUT2D eigenvalue weighted by atomic mass is 9.86. The molecule has 0 saturated heterocycles. The maximum absolute atomic E-state index is 12.4. The predicted molar refractivity (Wildman–Crippen MR) is 97.9 cm³/mol. The van der Waals surface area contributed by atoms with Crippen molar-refractivity contribution in [2.24, 2.45) is 11.3 Å². The van der Waals surface area contributed by atoms with Gasteiger partial charge in [0.1, 0.15) is 6.61 Å². The van der Waals surface area contributed by atoms with Crippen LogP contribution in [0.4, 0.5) is 0 Å². The maximum atomic E-state index is 12.4. The summed E-state index contributed by atoms with van der Waals surface area (Å²) in [5.41, 5.74) is -1.68. The molecule has 0 aliphatic carbocycles. The van der Waals surface area contributed by atoms with E-state index >= 15 is 0 Å². The number of nitrogens with one attached hydrogen (secondary N) is 1. The van der Waals surface area contributed by atoms with E-state index in [9.17, 15) is 20.0 Å². The number of benzene rings is 1. The minimum absolute atomic E-state index is 0.0578. The van der Waals surface area contributed by atoms with Gasteiger partial charge in [0.15, 0.2) is 5.54 Å². The van der Waals surface area contributed by atoms with Gasteiger partial charge in [0, 0.05) is 0 Å². The summed E-state index contributed by atoms with van der Waals surface area (Å²) < 4.78 is 5.25. The Morgan fingerprint density at radius 2 is 1.81 bits per heavy atom. The van der Waals surface area contributed by atoms with E-state index in [0.29, 0.717) is 0 Å². The van der Waals surface area contributed by atoms with Gasteiger partial charge in [-0.2, -0.15) is 5.26 Å². The van der Waals surface area contributed by atoms with Crippen molar-refractivity contribution in [2.45, 2.75) is 52.7 Å². The van der Waals surface area contributed by atoms with Crippen LogP contribution in [-0.2, 0) is 20.7 Å². The molecule has 1 rings (SSSR count). The van der Waals surface area contributed by atoms with Gasteiger partial charge in [0.2, 0.25) is 5.91 Å². The normalized spacial score (nSPS) is 14.8. The van der Waals surface area contributed by atoms with Gasteiger partial charge in [0.25, 0.3) is 0 Å². The maximum Gasteiger partial charge on any atom is 0.311 e. The molecule has 1 aromatic rings. The summed E-state index contributed by atoms with van der Waals surface area (Å²) in [6.45, 7) is 8.11. The van der Waals surface area contributed by atoms with Gasteiger partial charge in [-0.1, -0.05) is 44.2 Å². The Labute approximate surface area is 155 Å². The molecule has 142 valence electrons. The average Bonchev–Trinajstić information content (AvgIpc) is 2.57. The highest BCUT2D eigenvalue weighted by Crippen LogP contribution is 2.22. The number of carbonyl (C=O) groups is 2. The van der Waals surface area contributed by atoms with Gasteiger partial charge in [-0.15, -0.1) is 0 Å². The van der Waals surface area contributed by atoms with Gasteiger partial charge in [-0.25, -0.2) is 0 Å². The largest absolute Gasteiger partial charge is 0.462 e. The van der Waals surface area contributed by atoms with Gasteiger partial charge in [-0.05, 0) is 32.3 Å². The minimum Gasteiger partial charge on any atom is -0.462 e. The van der Waals surface area contributed by atoms with Crippen molar-refractivity contribution in [2.75, 3.05) is 6.61 Å². The van der Waals surface area contributed by atoms with E-state index in [1.165, 1.54) is 0 Å². The molecule has 1 amide bonds. The van der Waals surface area contributed by atoms with E-state index in [-0.39, 0.29) is 12.3 Å². The monoisotopic (exact) mass is 360 g/mol. The second-order valence-electron chi connectivity index (χ2n) is 7.81. The molecule has 1 unspecified atom stereocenters. The molecule has 0 bridgehead atoms. The molecule has 0 aliphatic rings. The van der Waals surface area contributed by atoms with Crippen molar-refractivity contribution in [1.29, 1.82) is 5.26 Å². The molecule has 0 radical (unpaired) electrons. The van der Waals surface area contributed by atoms with E-state index in [4.69, 9.17) is 4.74 Å². The predicted octanol–water partition coefficient (Wildman–Crippen LogP) is 2.21. The summed E-state index contributed by atoms with van der Waals surface area (Å²) in [4.78, 5) is 24.5. The van der Waals surface area contributed by atoms with Crippen molar-refractivity contribution in [3.63, 3.8) is 0 Å². The van der Waals surface area contributed by atoms with Crippen molar-refractivity contribution < 1.29 is 19.4 Å². The van der Waals surface area contributed by atoms with Crippen LogP contribution in [0.3, 0.4) is 0 Å². The zero-order valence-corrected chi connectivity index (χ0v) is 16.1. The fraction of sp³-hybridized carbons (Fsp3) is 0.550. The van der Waals surface area contributed by atoms with Gasteiger partial charge < -0.3 is 15.2 Å². The van der Waals surface area contributed by atoms with E-state index in [1.54, 1.807) is 46.8 Å². The summed E-state index contributed by atoms with van der Waals surface area (Å²) in [5.74, 6) is -1.25. The highest BCUT2D eigenvalue weighted by atomic mass is 16.5. The Bertz CT molecular complexity index is 659. The molecule has 6 heteroatoms. The van der Waals surface area contributed by atoms with Crippen LogP contribution in [0.5, 0.6) is 0 Å². The highest BCUT2D eigenvalue weighted by Gasteiger charge is 2.43. The number of hydrogen-bond donors (Lipinski definition) is 2. The van der Waals surface area contributed by atoms with Crippen molar-refractivity contribution in [3.8, 4) is 6.07 Å². The third-order valence-corrected chi connectivity index (χ3v) is 3.95. The topological polar surface area (TPSA) is 99.4 Å². The summed E-state index contributed by atoms with van der Waals surface area (Å²) in [5, 5.41) is 22.8. The van der Waals surface area contributed by atoms with Crippen LogP contribution in [0.2, 0.25) is 0 Å². The lowest BCUT2D eigenvalue weighted by Gasteiger charge is -2.34. The molecular weight excluding hydrogens is 332 g/mol. The second kappa shape index (κ2) is 8.81. The SMILES string of the molecule is CC(C)C(O)[C@@](C#N)(COC(=O)C(C)(C)C)NC(=O)Cc1ccccc1. The van der Waals surface area contributed by atoms with Crippen LogP contribution in [0.25, 0.3) is 0 Å². The lowest BCUT2D eigenvalue weighted by molar-refractivity contribution is -0.157. The van der Waals surface area contributed by atoms with Crippen LogP contribution in [0.15, 0.2) is 30.3 Å². The van der Waals surface area contributed by atoms with Crippen LogP contribution in [0, 0.1) is 22.7 Å². The average molecular weight is 360 g/mol. The van der Waals surface area contributed by atoms with Crippen molar-refractivity contribution in [1.82, 2.24) is 5.32 Å². The molecule has 0 fully saturated rings. The summed E-state index contributed by atoms with van der Waals surface area (Å²) >= 11 is 0. The molecule has 6 nitrogen and oxygen atoms in total. The number of aliphatic hydroxyl groups is 1. The zero-order valence-electron chi connectivity index (χ0n) is 16.1. The molecule has 0 spiro atoms. The van der Waals surface area contributed by atoms with Gasteiger partial charge in [0.05, 0.1) is 24.0 Å². The number of amides is 1. The molecule has 0 saturated carbocycles. The number of carbonyl (C=O) groups excluding carboxylic acids is 2. The van der Waals surface area contributed by atoms with E-state index in [2.05, 4.69) is 5.32 Å². The quantitative estimate of drug-likeness (QED) is 0.726. The van der Waals surface area contributed by atoms with Crippen LogP contribution < -0.4 is 5.32 Å². The van der Waals surface area contributed by atoms with E-state index in [1.807, 2.05) is 24.3 Å². The van der Waals surface area contributed by atoms with Crippen molar-refractivity contribution >= 4 is 11.9 Å². The summed E-state index contributed by atoms with van der Waals surface area (Å²) in [7, 11) is 0. The molecule has 2 atom stereocenters. The number of nitriles is 1. The molecule has 0 heterocycles. The van der Waals surface area contributed by atoms with Crippen LogP contribution >= 0.6 is 0 Å². The Morgan fingerprint density at radius 3 is 2.27 bits per heavy atom. The Kier molecular flexibility index (Phi) is 7.34. The molecule has 26 heavy (non-hydrogen) atoms. The Balaban J connectivity index is 2.98. The fourth-order valence-corrected chi connectivity index (χ4v) is 2.36. The van der Waals surface area contributed by atoms with E-state index in [0.717, 1.165) is 5.56 Å². The van der Waals surface area contributed by atoms with Crippen LogP contribution in [-0.4, -0.2) is 35.2 Å². The fourth-order valence-electron chi connectivity index (χ4n) is 2.36. The van der Waals surface area contributed by atoms with Crippen LogP contribution in [0.1, 0.15) is 40.2 Å². The molecule has 1 aromatic carbocycles. The number of hydrogen-bond acceptors (Lipinski definition) is 5. The first-order valence-electron chi connectivity index (χ1n) is 8.63. The standard InChI is InChI=1S/C20H28N2O4/c1-14(2)17(24)20(12-21,13-26-18(25)19(3,4)5)22-16(23)11-15-9-7-6-8-10-15/h6-10,14,17,24H,11,13H2,1-5H3,(H,22,23)/t17?,20-/m1/s1. The number of aliphatic hydroxyl groups excluding tert-OH is 1. The van der Waals surface area contributed by atoms with Gasteiger partial charge in [-0.3, -0.25) is 9.59 Å². The smallest absolute Gasteiger partial charge is 0.311 e. The first kappa shape index (κ1) is 21.7. The van der Waals surface area contributed by atoms with Crippen molar-refractivity contribution in [3.05, 3.63) is 35.9 Å². The van der Waals surface area contributed by atoms with Gasteiger partial charge >= 0.3 is 5.97 Å². The Morgan fingerprint density at radius 1 is 1.23 bits per heavy atom. The number of rotatable bonds is 7. The molecule has 0 aromatic heterocycles. The minimum atomic E-state index is -1.71. The number of nitrogens with zero attached hydrogens (tertiary/aromatic N) is 1. The Hall–Kier alpha value is -2.39. The summed E-state index contributed by atoms with van der Waals surface area (Å²) in [6.07, 6.45) is -1.14. The zero-order chi connectivity index (χ0) is 20.0. The molecule has 0 aliphatic heterocycles. The highest BCUT2D eigenvalue weighted by molar-refractivity contribution is 5.80. The summed E-state index contributed by atoms with van der Waals surface area (Å²) in [6, 6.07) is 11.0. The third-order valence-electron chi connectivity index (χ3n) is 3.95. The number of ether oxygens (including phenoxy) is 1. The lowest BCUT2D eigenvalue weighted by Crippen LogP contribution is -2.61. The van der Waals surface area contributed by atoms with E-state index < -0.39 is 35.5 Å². The third kappa shape index (κ3) is 5.85. The molecular formula is C20H28N2O4. The number of esters is 1. The molecule has 2 N–H and O–H groups in total. The first-order valence-corrected chi connectivity index (χ1v) is 8.63.